The molecular weight excluding hydrogens is 136 g/mol. The zero-order chi connectivity index (χ0) is 7.68. The van der Waals surface area contributed by atoms with Gasteiger partial charge in [0.25, 0.3) is 0 Å². The second-order valence-electron chi connectivity index (χ2n) is 2.43. The van der Waals surface area contributed by atoms with Crippen LogP contribution in [0, 0.1) is 0 Å². The van der Waals surface area contributed by atoms with Gasteiger partial charge < -0.3 is 5.73 Å². The second kappa shape index (κ2) is 2.23. The van der Waals surface area contributed by atoms with E-state index in [2.05, 4.69) is 4.98 Å². The average molecular weight is 144 g/mol. The summed E-state index contributed by atoms with van der Waals surface area (Å²) >= 11 is 0. The van der Waals surface area contributed by atoms with E-state index in [9.17, 15) is 0 Å². The zero-order valence-electron chi connectivity index (χ0n) is 5.99. The van der Waals surface area contributed by atoms with Gasteiger partial charge in [0.05, 0.1) is 5.69 Å². The highest BCUT2D eigenvalue weighted by Crippen LogP contribution is 2.21. The molecule has 0 aromatic carbocycles. The van der Waals surface area contributed by atoms with Crippen LogP contribution < -0.4 is 5.73 Å². The van der Waals surface area contributed by atoms with E-state index in [-0.39, 0.29) is 0 Å². The molecule has 2 heteroatoms. The van der Waals surface area contributed by atoms with Gasteiger partial charge in [-0.15, -0.1) is 0 Å². The fourth-order valence-corrected chi connectivity index (χ4v) is 1.11. The Morgan fingerprint density at radius 1 is 1.09 bits per heavy atom. The van der Waals surface area contributed by atoms with Gasteiger partial charge in [-0.1, -0.05) is 24.3 Å². The van der Waals surface area contributed by atoms with Crippen molar-refractivity contribution in [1.82, 2.24) is 4.98 Å². The molecule has 2 N–H and O–H groups in total. The molecule has 0 aromatic rings. The van der Waals surface area contributed by atoms with Crippen LogP contribution in [0.2, 0.25) is 0 Å². The first-order valence-corrected chi connectivity index (χ1v) is 3.47. The van der Waals surface area contributed by atoms with Crippen LogP contribution in [-0.4, -0.2) is 4.98 Å². The number of rotatable bonds is 0. The van der Waals surface area contributed by atoms with Crippen molar-refractivity contribution >= 4 is 5.82 Å². The molecule has 0 unspecified atom stereocenters. The largest absolute Gasteiger partial charge is 0.384 e. The van der Waals surface area contributed by atoms with Gasteiger partial charge in [0, 0.05) is 5.56 Å². The molecule has 0 fully saturated rings. The summed E-state index contributed by atoms with van der Waals surface area (Å²) in [5.41, 5.74) is 7.56. The average Bonchev–Trinajstić information content (AvgIpc) is 2.17. The van der Waals surface area contributed by atoms with Crippen LogP contribution in [0.25, 0.3) is 11.3 Å². The van der Waals surface area contributed by atoms with Crippen LogP contribution in [0.1, 0.15) is 0 Å². The van der Waals surface area contributed by atoms with E-state index in [0.717, 1.165) is 11.3 Å². The second-order valence-corrected chi connectivity index (χ2v) is 2.43. The maximum absolute atomic E-state index is 5.52. The van der Waals surface area contributed by atoms with Crippen LogP contribution >= 0.6 is 0 Å². The van der Waals surface area contributed by atoms with E-state index in [1.165, 1.54) is 0 Å². The van der Waals surface area contributed by atoms with E-state index in [1.807, 2.05) is 36.4 Å². The number of hydrogen-bond donors (Lipinski definition) is 1. The molecule has 1 heterocycles. The van der Waals surface area contributed by atoms with E-state index < -0.39 is 0 Å². The van der Waals surface area contributed by atoms with E-state index >= 15 is 0 Å². The fraction of sp³-hybridized carbons (Fsp3) is 0. The van der Waals surface area contributed by atoms with Crippen LogP contribution in [0.4, 0.5) is 5.82 Å². The number of anilines is 1. The molecule has 0 aromatic heterocycles. The summed E-state index contributed by atoms with van der Waals surface area (Å²) in [5.74, 6) is 0.589. The molecule has 2 aliphatic rings. The SMILES string of the molecule is Nc1cc2cccccc-2n1. The first-order chi connectivity index (χ1) is 5.36. The lowest BCUT2D eigenvalue weighted by molar-refractivity contribution is 1.42. The molecule has 0 amide bonds. The molecule has 1 aliphatic carbocycles. The minimum Gasteiger partial charge on any atom is -0.384 e. The van der Waals surface area contributed by atoms with Crippen LogP contribution in [-0.2, 0) is 0 Å². The molecule has 2 rings (SSSR count). The van der Waals surface area contributed by atoms with Crippen molar-refractivity contribution in [3.8, 4) is 11.3 Å². The zero-order valence-corrected chi connectivity index (χ0v) is 5.99. The number of aromatic nitrogens is 1. The van der Waals surface area contributed by atoms with Gasteiger partial charge in [0.15, 0.2) is 0 Å². The third kappa shape index (κ3) is 1.03. The highest BCUT2D eigenvalue weighted by Gasteiger charge is 2.01. The molecule has 1 aliphatic heterocycles. The van der Waals surface area contributed by atoms with Gasteiger partial charge in [-0.2, -0.15) is 0 Å². The minimum absolute atomic E-state index is 0.589. The Balaban J connectivity index is 2.73. The molecule has 0 bridgehead atoms. The lowest BCUT2D eigenvalue weighted by atomic mass is 10.2. The Labute approximate surface area is 65.0 Å². The van der Waals surface area contributed by atoms with E-state index in [0.29, 0.717) is 5.82 Å². The van der Waals surface area contributed by atoms with Gasteiger partial charge in [-0.25, -0.2) is 4.98 Å². The smallest absolute Gasteiger partial charge is 0.124 e. The number of nitrogen functional groups attached to an aromatic ring is 1. The molecular formula is C9H8N2. The highest BCUT2D eigenvalue weighted by molar-refractivity contribution is 5.66. The van der Waals surface area contributed by atoms with Crippen LogP contribution in [0.15, 0.2) is 36.4 Å². The molecule has 0 spiro atoms. The van der Waals surface area contributed by atoms with Crippen molar-refractivity contribution in [1.29, 1.82) is 0 Å². The summed E-state index contributed by atoms with van der Waals surface area (Å²) in [7, 11) is 0. The molecule has 2 nitrogen and oxygen atoms in total. The summed E-state index contributed by atoms with van der Waals surface area (Å²) in [5, 5.41) is 0. The summed E-state index contributed by atoms with van der Waals surface area (Å²) in [6.45, 7) is 0. The number of nitrogens with zero attached hydrogens (tertiary/aromatic N) is 1. The van der Waals surface area contributed by atoms with Crippen molar-refractivity contribution < 1.29 is 0 Å². The maximum atomic E-state index is 5.52. The molecule has 11 heavy (non-hydrogen) atoms. The number of nitrogens with two attached hydrogens (primary N) is 1. The Hall–Kier alpha value is -1.57. The normalized spacial score (nSPS) is 10.2. The molecule has 0 saturated carbocycles. The Morgan fingerprint density at radius 3 is 2.82 bits per heavy atom. The van der Waals surface area contributed by atoms with Crippen LogP contribution in [0.3, 0.4) is 0 Å². The number of hydrogen-bond acceptors (Lipinski definition) is 2. The van der Waals surface area contributed by atoms with Gasteiger partial charge in [0.1, 0.15) is 5.82 Å². The summed E-state index contributed by atoms with van der Waals surface area (Å²) in [6.07, 6.45) is 0. The van der Waals surface area contributed by atoms with E-state index in [4.69, 9.17) is 5.73 Å². The predicted octanol–water partition coefficient (Wildman–Crippen LogP) is 1.77. The van der Waals surface area contributed by atoms with Crippen molar-refractivity contribution in [2.75, 3.05) is 5.73 Å². The molecule has 0 saturated heterocycles. The van der Waals surface area contributed by atoms with Crippen molar-refractivity contribution in [3.05, 3.63) is 36.4 Å². The third-order valence-corrected chi connectivity index (χ3v) is 1.60. The van der Waals surface area contributed by atoms with Gasteiger partial charge >= 0.3 is 0 Å². The highest BCUT2D eigenvalue weighted by atomic mass is 14.8. The van der Waals surface area contributed by atoms with Crippen molar-refractivity contribution in [3.63, 3.8) is 0 Å². The Morgan fingerprint density at radius 2 is 1.91 bits per heavy atom. The Kier molecular flexibility index (Phi) is 1.25. The minimum atomic E-state index is 0.589. The molecule has 0 radical (unpaired) electrons. The topological polar surface area (TPSA) is 38.9 Å². The third-order valence-electron chi connectivity index (χ3n) is 1.60. The van der Waals surface area contributed by atoms with Gasteiger partial charge in [-0.05, 0) is 12.1 Å². The molecule has 0 atom stereocenters. The van der Waals surface area contributed by atoms with Crippen molar-refractivity contribution in [2.45, 2.75) is 0 Å². The van der Waals surface area contributed by atoms with Crippen LogP contribution in [0.5, 0.6) is 0 Å². The first kappa shape index (κ1) is 6.16. The fourth-order valence-electron chi connectivity index (χ4n) is 1.11. The van der Waals surface area contributed by atoms with Gasteiger partial charge in [-0.3, -0.25) is 0 Å². The van der Waals surface area contributed by atoms with Gasteiger partial charge in [0.2, 0.25) is 0 Å². The lowest BCUT2D eigenvalue weighted by Gasteiger charge is -1.83. The van der Waals surface area contributed by atoms with E-state index in [1.54, 1.807) is 0 Å². The first-order valence-electron chi connectivity index (χ1n) is 3.47. The monoisotopic (exact) mass is 144 g/mol. The quantitative estimate of drug-likeness (QED) is 0.612. The summed E-state index contributed by atoms with van der Waals surface area (Å²) in [4.78, 5) is 4.13. The summed E-state index contributed by atoms with van der Waals surface area (Å²) in [6, 6.07) is 11.7. The number of fused-ring (bicyclic) bond motifs is 1. The lowest BCUT2D eigenvalue weighted by Crippen LogP contribution is -1.80. The maximum Gasteiger partial charge on any atom is 0.124 e. The standard InChI is InChI=1S/C9H8N2/c10-9-6-7-4-2-1-3-5-8(7)11-9/h1-6H,(H2,10,11). The molecule has 54 valence electrons. The summed E-state index contributed by atoms with van der Waals surface area (Å²) < 4.78 is 0. The van der Waals surface area contributed by atoms with Crippen molar-refractivity contribution in [2.24, 2.45) is 0 Å². The Bertz CT molecular complexity index is 313. The predicted molar refractivity (Wildman–Crippen MR) is 45.3 cm³/mol.